The molecule has 0 atom stereocenters. The zero-order chi connectivity index (χ0) is 8.81. The first kappa shape index (κ1) is 8.74. The number of quaternary nitrogens is 1. The molecule has 0 bridgehead atoms. The van der Waals surface area contributed by atoms with Crippen molar-refractivity contribution >= 4 is 5.97 Å². The van der Waals surface area contributed by atoms with Gasteiger partial charge in [0.1, 0.15) is 6.61 Å². The zero-order valence-electron chi connectivity index (χ0n) is 6.82. The van der Waals surface area contributed by atoms with E-state index in [0.717, 1.165) is 5.56 Å². The standard InChI is InChI=1S/C9H11NO2/c10-6-9(11)12-7-8-4-2-1-3-5-8/h1-5H,6-7,10H2/p+1. The lowest BCUT2D eigenvalue weighted by Gasteiger charge is -2.00. The summed E-state index contributed by atoms with van der Waals surface area (Å²) in [7, 11) is 0. The van der Waals surface area contributed by atoms with Crippen LogP contribution in [0.15, 0.2) is 30.3 Å². The molecule has 64 valence electrons. The Hall–Kier alpha value is -1.35. The highest BCUT2D eigenvalue weighted by Gasteiger charge is 2.00. The number of carbonyl (C=O) groups is 1. The molecule has 3 heteroatoms. The van der Waals surface area contributed by atoms with Gasteiger partial charge in [0.15, 0.2) is 6.54 Å². The fourth-order valence-electron chi connectivity index (χ4n) is 0.810. The maximum atomic E-state index is 10.7. The van der Waals surface area contributed by atoms with Gasteiger partial charge in [-0.05, 0) is 5.56 Å². The van der Waals surface area contributed by atoms with Gasteiger partial charge in [-0.2, -0.15) is 0 Å². The van der Waals surface area contributed by atoms with Crippen molar-refractivity contribution in [1.82, 2.24) is 0 Å². The Morgan fingerprint density at radius 2 is 2.00 bits per heavy atom. The zero-order valence-corrected chi connectivity index (χ0v) is 6.82. The van der Waals surface area contributed by atoms with E-state index >= 15 is 0 Å². The normalized spacial score (nSPS) is 9.42. The van der Waals surface area contributed by atoms with E-state index in [1.807, 2.05) is 30.3 Å². The minimum Gasteiger partial charge on any atom is -0.457 e. The summed E-state index contributed by atoms with van der Waals surface area (Å²) in [5.41, 5.74) is 4.42. The largest absolute Gasteiger partial charge is 0.457 e. The maximum Gasteiger partial charge on any atom is 0.361 e. The van der Waals surface area contributed by atoms with Crippen LogP contribution in [0.3, 0.4) is 0 Å². The van der Waals surface area contributed by atoms with Gasteiger partial charge in [-0.3, -0.25) is 0 Å². The summed E-state index contributed by atoms with van der Waals surface area (Å²) in [6.45, 7) is 0.530. The lowest BCUT2D eigenvalue weighted by Crippen LogP contribution is -2.54. The molecular formula is C9H12NO2+. The molecular weight excluding hydrogens is 154 g/mol. The van der Waals surface area contributed by atoms with Crippen LogP contribution in [-0.4, -0.2) is 12.5 Å². The van der Waals surface area contributed by atoms with Crippen molar-refractivity contribution in [2.75, 3.05) is 6.54 Å². The minimum absolute atomic E-state index is 0.187. The van der Waals surface area contributed by atoms with Crippen LogP contribution in [0.4, 0.5) is 0 Å². The van der Waals surface area contributed by atoms with Crippen molar-refractivity contribution in [3.05, 3.63) is 35.9 Å². The van der Waals surface area contributed by atoms with Gasteiger partial charge in [0.05, 0.1) is 0 Å². The molecule has 0 aromatic heterocycles. The molecule has 0 aliphatic heterocycles. The number of carbonyl (C=O) groups excluding carboxylic acids is 1. The summed E-state index contributed by atoms with van der Waals surface area (Å²) in [6, 6.07) is 9.57. The fourth-order valence-corrected chi connectivity index (χ4v) is 0.810. The first-order valence-corrected chi connectivity index (χ1v) is 3.81. The molecule has 1 aromatic carbocycles. The molecule has 0 fully saturated rings. The third-order valence-corrected chi connectivity index (χ3v) is 1.45. The summed E-state index contributed by atoms with van der Waals surface area (Å²) < 4.78 is 4.88. The van der Waals surface area contributed by atoms with Gasteiger partial charge in [-0.25, -0.2) is 4.79 Å². The predicted octanol–water partition coefficient (Wildman–Crippen LogP) is -0.0283. The quantitative estimate of drug-likeness (QED) is 0.641. The molecule has 3 nitrogen and oxygen atoms in total. The van der Waals surface area contributed by atoms with Gasteiger partial charge in [0.25, 0.3) is 0 Å². The van der Waals surface area contributed by atoms with Crippen molar-refractivity contribution in [2.45, 2.75) is 6.61 Å². The van der Waals surface area contributed by atoms with Crippen molar-refractivity contribution in [3.8, 4) is 0 Å². The fraction of sp³-hybridized carbons (Fsp3) is 0.222. The number of benzene rings is 1. The van der Waals surface area contributed by atoms with Gasteiger partial charge >= 0.3 is 5.97 Å². The average molecular weight is 166 g/mol. The Morgan fingerprint density at radius 3 is 2.58 bits per heavy atom. The summed E-state index contributed by atoms with van der Waals surface area (Å²) >= 11 is 0. The second-order valence-corrected chi connectivity index (χ2v) is 2.40. The van der Waals surface area contributed by atoms with E-state index in [9.17, 15) is 4.79 Å². The van der Waals surface area contributed by atoms with Crippen LogP contribution in [-0.2, 0) is 16.1 Å². The van der Waals surface area contributed by atoms with Crippen LogP contribution < -0.4 is 5.73 Å². The number of hydrogen-bond donors (Lipinski definition) is 1. The van der Waals surface area contributed by atoms with E-state index in [1.165, 1.54) is 0 Å². The van der Waals surface area contributed by atoms with Crippen LogP contribution in [0.2, 0.25) is 0 Å². The summed E-state index contributed by atoms with van der Waals surface area (Å²) in [6.07, 6.45) is 0. The van der Waals surface area contributed by atoms with Gasteiger partial charge in [-0.15, -0.1) is 0 Å². The molecule has 1 rings (SSSR count). The van der Waals surface area contributed by atoms with Crippen LogP contribution in [0, 0.1) is 0 Å². The molecule has 1 aromatic rings. The highest BCUT2D eigenvalue weighted by Crippen LogP contribution is 1.99. The van der Waals surface area contributed by atoms with Gasteiger partial charge in [-0.1, -0.05) is 30.3 Å². The van der Waals surface area contributed by atoms with Crippen molar-refractivity contribution in [3.63, 3.8) is 0 Å². The van der Waals surface area contributed by atoms with E-state index in [2.05, 4.69) is 5.73 Å². The molecule has 0 saturated carbocycles. The highest BCUT2D eigenvalue weighted by molar-refractivity contribution is 5.69. The first-order valence-electron chi connectivity index (χ1n) is 3.81. The molecule has 0 amide bonds. The molecule has 0 radical (unpaired) electrons. The lowest BCUT2D eigenvalue weighted by atomic mass is 10.2. The minimum atomic E-state index is -0.265. The van der Waals surface area contributed by atoms with E-state index < -0.39 is 0 Å². The molecule has 0 saturated heterocycles. The molecule has 0 aliphatic carbocycles. The van der Waals surface area contributed by atoms with E-state index in [0.29, 0.717) is 6.61 Å². The molecule has 0 unspecified atom stereocenters. The SMILES string of the molecule is [NH3+]CC(=O)OCc1ccccc1. The Labute approximate surface area is 71.1 Å². The molecule has 0 aliphatic rings. The predicted molar refractivity (Wildman–Crippen MR) is 44.0 cm³/mol. The Morgan fingerprint density at radius 1 is 1.33 bits per heavy atom. The Bertz CT molecular complexity index is 246. The van der Waals surface area contributed by atoms with Crippen LogP contribution in [0.1, 0.15) is 5.56 Å². The molecule has 0 spiro atoms. The van der Waals surface area contributed by atoms with Crippen molar-refractivity contribution < 1.29 is 15.3 Å². The topological polar surface area (TPSA) is 53.9 Å². The van der Waals surface area contributed by atoms with Gasteiger partial charge < -0.3 is 10.5 Å². The van der Waals surface area contributed by atoms with Gasteiger partial charge in [0.2, 0.25) is 0 Å². The Balaban J connectivity index is 2.38. The van der Waals surface area contributed by atoms with Crippen LogP contribution >= 0.6 is 0 Å². The highest BCUT2D eigenvalue weighted by atomic mass is 16.5. The molecule has 3 N–H and O–H groups in total. The molecule has 12 heavy (non-hydrogen) atoms. The van der Waals surface area contributed by atoms with Crippen LogP contribution in [0.25, 0.3) is 0 Å². The second kappa shape index (κ2) is 4.51. The average Bonchev–Trinajstić information content (AvgIpc) is 2.16. The van der Waals surface area contributed by atoms with E-state index in [4.69, 9.17) is 4.74 Å². The Kier molecular flexibility index (Phi) is 3.29. The third kappa shape index (κ3) is 2.72. The van der Waals surface area contributed by atoms with E-state index in [1.54, 1.807) is 0 Å². The summed E-state index contributed by atoms with van der Waals surface area (Å²) in [4.78, 5) is 10.7. The van der Waals surface area contributed by atoms with E-state index in [-0.39, 0.29) is 12.5 Å². The number of ether oxygens (including phenoxy) is 1. The number of hydrogen-bond acceptors (Lipinski definition) is 2. The maximum absolute atomic E-state index is 10.7. The monoisotopic (exact) mass is 166 g/mol. The number of rotatable bonds is 3. The second-order valence-electron chi connectivity index (χ2n) is 2.40. The lowest BCUT2D eigenvalue weighted by molar-refractivity contribution is -0.360. The molecule has 0 heterocycles. The van der Waals surface area contributed by atoms with Crippen LogP contribution in [0.5, 0.6) is 0 Å². The first-order chi connectivity index (χ1) is 5.83. The smallest absolute Gasteiger partial charge is 0.361 e. The summed E-state index contributed by atoms with van der Waals surface area (Å²) in [5, 5.41) is 0. The number of esters is 1. The van der Waals surface area contributed by atoms with Gasteiger partial charge in [0, 0.05) is 0 Å². The summed E-state index contributed by atoms with van der Waals surface area (Å²) in [5.74, 6) is -0.265. The third-order valence-electron chi connectivity index (χ3n) is 1.45. The van der Waals surface area contributed by atoms with Crippen molar-refractivity contribution in [1.29, 1.82) is 0 Å². The van der Waals surface area contributed by atoms with Crippen molar-refractivity contribution in [2.24, 2.45) is 0 Å².